The van der Waals surface area contributed by atoms with Crippen LogP contribution < -0.4 is 0 Å². The van der Waals surface area contributed by atoms with Crippen LogP contribution in [0.3, 0.4) is 0 Å². The number of hydrogen-bond acceptors (Lipinski definition) is 1. The van der Waals surface area contributed by atoms with Crippen molar-refractivity contribution in [3.8, 4) is 0 Å². The van der Waals surface area contributed by atoms with Gasteiger partial charge in [-0.25, -0.2) is 0 Å². The summed E-state index contributed by atoms with van der Waals surface area (Å²) in [6, 6.07) is 6.12. The van der Waals surface area contributed by atoms with Crippen LogP contribution in [0.15, 0.2) is 22.7 Å². The third-order valence-electron chi connectivity index (χ3n) is 2.09. The summed E-state index contributed by atoms with van der Waals surface area (Å²) in [4.78, 5) is 0. The highest BCUT2D eigenvalue weighted by molar-refractivity contribution is 9.10. The van der Waals surface area contributed by atoms with Gasteiger partial charge in [-0.3, -0.25) is 4.68 Å². The van der Waals surface area contributed by atoms with E-state index in [0.29, 0.717) is 0 Å². The summed E-state index contributed by atoms with van der Waals surface area (Å²) in [5.74, 6) is 0. The second-order valence-electron chi connectivity index (χ2n) is 2.87. The molecule has 1 aromatic heterocycles. The first-order valence-corrected chi connectivity index (χ1v) is 4.56. The first-order chi connectivity index (χ1) is 5.68. The number of hydrogen-bond donors (Lipinski definition) is 0. The van der Waals surface area contributed by atoms with Crippen LogP contribution in [0.1, 0.15) is 5.69 Å². The SMILES string of the molecule is Cc1c2cc(Br)ccc2nn1C. The van der Waals surface area contributed by atoms with E-state index in [0.717, 1.165) is 9.99 Å². The number of aromatic nitrogens is 2. The second-order valence-corrected chi connectivity index (χ2v) is 3.79. The van der Waals surface area contributed by atoms with E-state index in [4.69, 9.17) is 0 Å². The molecule has 0 bridgehead atoms. The van der Waals surface area contributed by atoms with Crippen molar-refractivity contribution in [3.05, 3.63) is 28.4 Å². The van der Waals surface area contributed by atoms with Gasteiger partial charge in [-0.15, -0.1) is 0 Å². The summed E-state index contributed by atoms with van der Waals surface area (Å²) in [6.45, 7) is 2.07. The van der Waals surface area contributed by atoms with Gasteiger partial charge in [0.15, 0.2) is 0 Å². The van der Waals surface area contributed by atoms with Gasteiger partial charge in [0.2, 0.25) is 0 Å². The van der Waals surface area contributed by atoms with Crippen molar-refractivity contribution in [1.29, 1.82) is 0 Å². The van der Waals surface area contributed by atoms with Crippen LogP contribution in [0, 0.1) is 6.92 Å². The van der Waals surface area contributed by atoms with Crippen LogP contribution in [0.4, 0.5) is 0 Å². The molecule has 0 aliphatic heterocycles. The normalized spacial score (nSPS) is 10.9. The molecule has 2 nitrogen and oxygen atoms in total. The maximum atomic E-state index is 4.35. The standard InChI is InChI=1S/C9H9BrN2/c1-6-8-5-7(10)3-4-9(8)11-12(6)2/h3-5H,1-2H3. The maximum Gasteiger partial charge on any atom is 0.0926 e. The minimum Gasteiger partial charge on any atom is -0.272 e. The van der Waals surface area contributed by atoms with Gasteiger partial charge in [0.1, 0.15) is 0 Å². The number of halogens is 1. The van der Waals surface area contributed by atoms with Gasteiger partial charge in [0.25, 0.3) is 0 Å². The lowest BCUT2D eigenvalue weighted by atomic mass is 10.2. The predicted molar refractivity (Wildman–Crippen MR) is 53.2 cm³/mol. The van der Waals surface area contributed by atoms with Crippen LogP contribution in [0.5, 0.6) is 0 Å². The highest BCUT2D eigenvalue weighted by Gasteiger charge is 2.03. The van der Waals surface area contributed by atoms with Gasteiger partial charge in [-0.2, -0.15) is 5.10 Å². The molecule has 0 aliphatic carbocycles. The summed E-state index contributed by atoms with van der Waals surface area (Å²) in [6.07, 6.45) is 0. The smallest absolute Gasteiger partial charge is 0.0926 e. The summed E-state index contributed by atoms with van der Waals surface area (Å²) in [5.41, 5.74) is 2.25. The molecule has 62 valence electrons. The lowest BCUT2D eigenvalue weighted by Gasteiger charge is -1.92. The van der Waals surface area contributed by atoms with E-state index in [2.05, 4.69) is 34.0 Å². The average molecular weight is 225 g/mol. The Morgan fingerprint density at radius 1 is 1.42 bits per heavy atom. The number of fused-ring (bicyclic) bond motifs is 1. The van der Waals surface area contributed by atoms with Crippen molar-refractivity contribution in [2.24, 2.45) is 7.05 Å². The molecule has 12 heavy (non-hydrogen) atoms. The molecule has 0 saturated heterocycles. The van der Waals surface area contributed by atoms with Crippen LogP contribution in [0.2, 0.25) is 0 Å². The molecule has 0 N–H and O–H groups in total. The van der Waals surface area contributed by atoms with E-state index in [1.807, 2.05) is 23.9 Å². The highest BCUT2D eigenvalue weighted by atomic mass is 79.9. The fourth-order valence-corrected chi connectivity index (χ4v) is 1.66. The van der Waals surface area contributed by atoms with Crippen LogP contribution >= 0.6 is 15.9 Å². The zero-order valence-electron chi connectivity index (χ0n) is 7.00. The number of rotatable bonds is 0. The minimum absolute atomic E-state index is 1.05. The Hall–Kier alpha value is -0.830. The summed E-state index contributed by atoms with van der Waals surface area (Å²) >= 11 is 3.44. The van der Waals surface area contributed by atoms with Crippen LogP contribution in [-0.4, -0.2) is 9.78 Å². The molecule has 3 heteroatoms. The molecule has 0 unspecified atom stereocenters. The molecular formula is C9H9BrN2. The molecule has 0 aliphatic rings. The molecule has 0 amide bonds. The van der Waals surface area contributed by atoms with E-state index >= 15 is 0 Å². The lowest BCUT2D eigenvalue weighted by molar-refractivity contribution is 0.751. The minimum atomic E-state index is 1.05. The third-order valence-corrected chi connectivity index (χ3v) is 2.58. The topological polar surface area (TPSA) is 17.8 Å². The Morgan fingerprint density at radius 3 is 2.92 bits per heavy atom. The molecule has 0 spiro atoms. The zero-order chi connectivity index (χ0) is 8.72. The third kappa shape index (κ3) is 1.05. The van der Waals surface area contributed by atoms with Gasteiger partial charge in [-0.05, 0) is 25.1 Å². The molecule has 0 radical (unpaired) electrons. The Kier molecular flexibility index (Phi) is 1.68. The van der Waals surface area contributed by atoms with Crippen molar-refractivity contribution < 1.29 is 0 Å². The quantitative estimate of drug-likeness (QED) is 0.673. The average Bonchev–Trinajstić information content (AvgIpc) is 2.31. The van der Waals surface area contributed by atoms with E-state index in [9.17, 15) is 0 Å². The van der Waals surface area contributed by atoms with E-state index < -0.39 is 0 Å². The number of aryl methyl sites for hydroxylation is 2. The molecule has 2 aromatic rings. The van der Waals surface area contributed by atoms with E-state index in [1.54, 1.807) is 0 Å². The number of nitrogens with zero attached hydrogens (tertiary/aromatic N) is 2. The molecule has 1 heterocycles. The Labute approximate surface area is 79.3 Å². The molecule has 0 fully saturated rings. The van der Waals surface area contributed by atoms with E-state index in [-0.39, 0.29) is 0 Å². The molecule has 1 aromatic carbocycles. The van der Waals surface area contributed by atoms with Crippen molar-refractivity contribution >= 4 is 26.8 Å². The molecule has 2 rings (SSSR count). The van der Waals surface area contributed by atoms with Crippen molar-refractivity contribution in [2.45, 2.75) is 6.92 Å². The van der Waals surface area contributed by atoms with Crippen molar-refractivity contribution in [1.82, 2.24) is 9.78 Å². The Balaban J connectivity index is 2.88. The molecular weight excluding hydrogens is 216 g/mol. The van der Waals surface area contributed by atoms with Crippen molar-refractivity contribution in [2.75, 3.05) is 0 Å². The Morgan fingerprint density at radius 2 is 2.17 bits per heavy atom. The fourth-order valence-electron chi connectivity index (χ4n) is 1.30. The summed E-state index contributed by atoms with van der Waals surface area (Å²) in [7, 11) is 1.96. The van der Waals surface area contributed by atoms with Crippen molar-refractivity contribution in [3.63, 3.8) is 0 Å². The summed E-state index contributed by atoms with van der Waals surface area (Å²) in [5, 5.41) is 5.56. The van der Waals surface area contributed by atoms with Gasteiger partial charge in [0, 0.05) is 22.6 Å². The number of benzene rings is 1. The molecule has 0 saturated carbocycles. The van der Waals surface area contributed by atoms with Gasteiger partial charge >= 0.3 is 0 Å². The van der Waals surface area contributed by atoms with Gasteiger partial charge < -0.3 is 0 Å². The Bertz CT molecular complexity index is 431. The lowest BCUT2D eigenvalue weighted by Crippen LogP contribution is -1.91. The summed E-state index contributed by atoms with van der Waals surface area (Å²) < 4.78 is 3.00. The fraction of sp³-hybridized carbons (Fsp3) is 0.222. The first kappa shape index (κ1) is 7.80. The van der Waals surface area contributed by atoms with Crippen LogP contribution in [-0.2, 0) is 7.05 Å². The predicted octanol–water partition coefficient (Wildman–Crippen LogP) is 2.64. The van der Waals surface area contributed by atoms with Gasteiger partial charge in [-0.1, -0.05) is 15.9 Å². The molecule has 0 atom stereocenters. The van der Waals surface area contributed by atoms with Crippen LogP contribution in [0.25, 0.3) is 10.9 Å². The van der Waals surface area contributed by atoms with E-state index in [1.165, 1.54) is 11.1 Å². The van der Waals surface area contributed by atoms with Gasteiger partial charge in [0.05, 0.1) is 5.52 Å². The second kappa shape index (κ2) is 2.59. The monoisotopic (exact) mass is 224 g/mol. The first-order valence-electron chi connectivity index (χ1n) is 3.77. The zero-order valence-corrected chi connectivity index (χ0v) is 8.59. The highest BCUT2D eigenvalue weighted by Crippen LogP contribution is 2.21. The largest absolute Gasteiger partial charge is 0.272 e. The maximum absolute atomic E-state index is 4.35.